The molecule has 1 amide bonds. The second-order valence-corrected chi connectivity index (χ2v) is 15.7. The molecule has 0 aromatic rings. The molecule has 0 aromatic carbocycles. The first-order valence-electron chi connectivity index (χ1n) is 17.1. The smallest absolute Gasteiger partial charge is 0.302 e. The number of primary amides is 1. The molecule has 6 fully saturated rings. The first-order chi connectivity index (χ1) is 19.9. The molecule has 2 spiro atoms. The van der Waals surface area contributed by atoms with Crippen molar-refractivity contribution in [3.05, 3.63) is 0 Å². The third-order valence-electron chi connectivity index (χ3n) is 13.8. The van der Waals surface area contributed by atoms with E-state index in [4.69, 9.17) is 30.0 Å². The topological polar surface area (TPSA) is 106 Å². The lowest BCUT2D eigenvalue weighted by atomic mass is 9.43. The fourth-order valence-corrected chi connectivity index (χ4v) is 11.2. The molecule has 1 aliphatic heterocycles. The molecule has 0 radical (unpaired) electrons. The maximum atomic E-state index is 12.5. The number of hydrogen-bond donors (Lipinski definition) is 1. The third-order valence-corrected chi connectivity index (χ3v) is 13.8. The molecular formula is C34H55NO7. The van der Waals surface area contributed by atoms with Gasteiger partial charge in [0.2, 0.25) is 17.5 Å². The predicted molar refractivity (Wildman–Crippen MR) is 156 cm³/mol. The summed E-state index contributed by atoms with van der Waals surface area (Å²) in [5.41, 5.74) is 5.56. The molecule has 2 N–H and O–H groups in total. The van der Waals surface area contributed by atoms with E-state index in [-0.39, 0.29) is 28.8 Å². The Morgan fingerprint density at radius 2 is 1.60 bits per heavy atom. The number of carbonyl (C=O) groups is 2. The van der Waals surface area contributed by atoms with Crippen LogP contribution in [0.3, 0.4) is 0 Å². The van der Waals surface area contributed by atoms with Crippen molar-refractivity contribution in [1.82, 2.24) is 0 Å². The number of ether oxygens (including phenoxy) is 1. The normalized spacial score (nSPS) is 49.1. The summed E-state index contributed by atoms with van der Waals surface area (Å²) in [6, 6.07) is 0. The van der Waals surface area contributed by atoms with Crippen LogP contribution in [0.15, 0.2) is 0 Å². The van der Waals surface area contributed by atoms with Gasteiger partial charge >= 0.3 is 5.97 Å². The molecule has 6 rings (SSSR count). The van der Waals surface area contributed by atoms with Crippen LogP contribution in [0.1, 0.15) is 131 Å². The minimum Gasteiger partial charge on any atom is -0.462 e. The molecular weight excluding hydrogens is 534 g/mol. The summed E-state index contributed by atoms with van der Waals surface area (Å²) in [6.07, 6.45) is 14.1. The molecule has 5 aliphatic carbocycles. The molecule has 238 valence electrons. The maximum Gasteiger partial charge on any atom is 0.302 e. The first-order valence-corrected chi connectivity index (χ1v) is 17.1. The molecule has 0 bridgehead atoms. The zero-order valence-electron chi connectivity index (χ0n) is 26.7. The number of esters is 1. The average molecular weight is 590 g/mol. The fraction of sp³-hybridized carbons (Fsp3) is 0.941. The molecule has 5 saturated carbocycles. The Morgan fingerprint density at radius 1 is 0.905 bits per heavy atom. The van der Waals surface area contributed by atoms with E-state index in [2.05, 4.69) is 27.7 Å². The number of rotatable bonds is 6. The Morgan fingerprint density at radius 3 is 2.24 bits per heavy atom. The van der Waals surface area contributed by atoms with Gasteiger partial charge in [0.05, 0.1) is 0 Å². The van der Waals surface area contributed by atoms with Crippen molar-refractivity contribution < 1.29 is 33.9 Å². The minimum absolute atomic E-state index is 0.0780. The van der Waals surface area contributed by atoms with Crippen LogP contribution < -0.4 is 5.73 Å². The van der Waals surface area contributed by atoms with Crippen molar-refractivity contribution in [2.45, 2.75) is 149 Å². The molecule has 9 atom stereocenters. The van der Waals surface area contributed by atoms with Gasteiger partial charge in [-0.3, -0.25) is 9.59 Å². The highest BCUT2D eigenvalue weighted by molar-refractivity contribution is 5.73. The molecule has 8 heteroatoms. The lowest BCUT2D eigenvalue weighted by Gasteiger charge is -2.63. The van der Waals surface area contributed by atoms with Crippen molar-refractivity contribution in [2.75, 3.05) is 0 Å². The van der Waals surface area contributed by atoms with Crippen LogP contribution in [0, 0.1) is 52.3 Å². The largest absolute Gasteiger partial charge is 0.462 e. The van der Waals surface area contributed by atoms with Crippen molar-refractivity contribution in [2.24, 2.45) is 58.0 Å². The predicted octanol–water partition coefficient (Wildman–Crippen LogP) is 6.99. The molecule has 1 saturated heterocycles. The highest BCUT2D eigenvalue weighted by Gasteiger charge is 2.67. The van der Waals surface area contributed by atoms with E-state index in [1.54, 1.807) is 6.92 Å². The lowest BCUT2D eigenvalue weighted by molar-refractivity contribution is -0.665. The maximum absolute atomic E-state index is 12.5. The SMILES string of the molecule is CCC1CCC2(CC1)OOC1(CC[C@@]3(C)[C@H](CC[C@@H]4[C@@H]3C[C@H](OC(C)=O)[C@]3(C)[C@@H]([C@@H](C)CCC(N)=O)CC[C@@H]43)C1)OO2. The van der Waals surface area contributed by atoms with Crippen molar-refractivity contribution in [3.63, 3.8) is 0 Å². The second-order valence-electron chi connectivity index (χ2n) is 15.7. The monoisotopic (exact) mass is 589 g/mol. The molecule has 0 aromatic heterocycles. The number of hydrogen-bond acceptors (Lipinski definition) is 7. The molecule has 0 unspecified atom stereocenters. The van der Waals surface area contributed by atoms with E-state index in [1.165, 1.54) is 19.3 Å². The van der Waals surface area contributed by atoms with E-state index < -0.39 is 11.6 Å². The van der Waals surface area contributed by atoms with Gasteiger partial charge in [0, 0.05) is 44.4 Å². The van der Waals surface area contributed by atoms with E-state index >= 15 is 0 Å². The third kappa shape index (κ3) is 5.14. The zero-order chi connectivity index (χ0) is 29.9. The van der Waals surface area contributed by atoms with Crippen LogP contribution in [0.4, 0.5) is 0 Å². The van der Waals surface area contributed by atoms with Crippen LogP contribution in [0.5, 0.6) is 0 Å². The molecule has 6 aliphatic rings. The molecule has 42 heavy (non-hydrogen) atoms. The van der Waals surface area contributed by atoms with Crippen LogP contribution in [-0.2, 0) is 33.9 Å². The van der Waals surface area contributed by atoms with Gasteiger partial charge in [0.1, 0.15) is 6.10 Å². The van der Waals surface area contributed by atoms with Crippen LogP contribution in [0.2, 0.25) is 0 Å². The van der Waals surface area contributed by atoms with E-state index in [1.807, 2.05) is 0 Å². The van der Waals surface area contributed by atoms with Crippen LogP contribution >= 0.6 is 0 Å². The number of amides is 1. The van der Waals surface area contributed by atoms with Gasteiger partial charge in [0.25, 0.3) is 0 Å². The standard InChI is InChI=1S/C34H55NO7/c1-6-23-13-15-33(16-14-23)39-41-34(42-40-33)18-17-31(4)24(20-34)8-9-25-27-11-10-26(21(2)7-12-30(35)37)32(27,5)29(19-28(25)31)38-22(3)36/h21,23-29H,6-20H2,1-5H3,(H2,35,37)/t21-,23?,24+,25-,26+,27-,28-,29-,31-,32+,33?,34?/m0/s1. The summed E-state index contributed by atoms with van der Waals surface area (Å²) in [7, 11) is 0. The van der Waals surface area contributed by atoms with Gasteiger partial charge in [-0.1, -0.05) is 34.1 Å². The molecule has 8 nitrogen and oxygen atoms in total. The average Bonchev–Trinajstić information content (AvgIpc) is 3.33. The van der Waals surface area contributed by atoms with Gasteiger partial charge in [0.15, 0.2) is 0 Å². The fourth-order valence-electron chi connectivity index (χ4n) is 11.2. The van der Waals surface area contributed by atoms with Gasteiger partial charge in [-0.2, -0.15) is 19.6 Å². The summed E-state index contributed by atoms with van der Waals surface area (Å²) >= 11 is 0. The Bertz CT molecular complexity index is 1020. The lowest BCUT2D eigenvalue weighted by Crippen LogP contribution is -2.62. The Kier molecular flexibility index (Phi) is 8.28. The molecule has 1 heterocycles. The summed E-state index contributed by atoms with van der Waals surface area (Å²) in [5, 5.41) is 0. The van der Waals surface area contributed by atoms with Gasteiger partial charge in [-0.05, 0) is 105 Å². The van der Waals surface area contributed by atoms with Gasteiger partial charge < -0.3 is 10.5 Å². The van der Waals surface area contributed by atoms with Crippen LogP contribution in [0.25, 0.3) is 0 Å². The summed E-state index contributed by atoms with van der Waals surface area (Å²) < 4.78 is 6.26. The van der Waals surface area contributed by atoms with Crippen molar-refractivity contribution in [1.29, 1.82) is 0 Å². The minimum atomic E-state index is -0.837. The number of fused-ring (bicyclic) bond motifs is 5. The second kappa shape index (κ2) is 11.3. The Hall–Kier alpha value is -1.22. The van der Waals surface area contributed by atoms with E-state index in [0.717, 1.165) is 76.5 Å². The van der Waals surface area contributed by atoms with Crippen LogP contribution in [-0.4, -0.2) is 29.6 Å². The summed E-state index contributed by atoms with van der Waals surface area (Å²) in [5.74, 6) is 1.55. The highest BCUT2D eigenvalue weighted by atomic mass is 17.4. The quantitative estimate of drug-likeness (QED) is 0.263. The zero-order valence-corrected chi connectivity index (χ0v) is 26.7. The number of carbonyl (C=O) groups excluding carboxylic acids is 2. The first kappa shape index (κ1) is 30.8. The van der Waals surface area contributed by atoms with E-state index in [9.17, 15) is 9.59 Å². The van der Waals surface area contributed by atoms with Gasteiger partial charge in [-0.25, -0.2) is 0 Å². The van der Waals surface area contributed by atoms with Crippen molar-refractivity contribution in [3.8, 4) is 0 Å². The van der Waals surface area contributed by atoms with E-state index in [0.29, 0.717) is 41.9 Å². The van der Waals surface area contributed by atoms with Gasteiger partial charge in [-0.15, -0.1) is 0 Å². The van der Waals surface area contributed by atoms with Crippen molar-refractivity contribution >= 4 is 11.9 Å². The number of nitrogens with two attached hydrogens (primary N) is 1. The summed E-state index contributed by atoms with van der Waals surface area (Å²) in [6.45, 7) is 11.0. The highest BCUT2D eigenvalue weighted by Crippen LogP contribution is 2.70. The Balaban J connectivity index is 1.18. The summed E-state index contributed by atoms with van der Waals surface area (Å²) in [4.78, 5) is 48.6. The Labute approximate surface area is 252 Å².